The molecule has 0 radical (unpaired) electrons. The first kappa shape index (κ1) is 14.8. The van der Waals surface area contributed by atoms with E-state index in [1.807, 2.05) is 10.9 Å². The third-order valence-electron chi connectivity index (χ3n) is 4.39. The molecule has 1 N–H and O–H groups in total. The van der Waals surface area contributed by atoms with Crippen LogP contribution in [0.1, 0.15) is 55.4 Å². The van der Waals surface area contributed by atoms with Crippen LogP contribution in [0.3, 0.4) is 0 Å². The van der Waals surface area contributed by atoms with Crippen LogP contribution in [0.2, 0.25) is 0 Å². The summed E-state index contributed by atoms with van der Waals surface area (Å²) >= 11 is 0. The van der Waals surface area contributed by atoms with Gasteiger partial charge in [-0.1, -0.05) is 18.2 Å². The molecule has 2 heterocycles. The maximum atomic E-state index is 12.2. The van der Waals surface area contributed by atoms with Gasteiger partial charge in [-0.25, -0.2) is 4.68 Å². The molecule has 3 rings (SSSR count). The number of carbonyl (C=O) groups excluding carboxylic acids is 1. The Morgan fingerprint density at radius 3 is 2.59 bits per heavy atom. The van der Waals surface area contributed by atoms with E-state index < -0.39 is 0 Å². The van der Waals surface area contributed by atoms with Crippen LogP contribution < -0.4 is 5.32 Å². The number of carbonyl (C=O) groups is 1. The number of aromatic nitrogens is 2. The van der Waals surface area contributed by atoms with Crippen molar-refractivity contribution in [3.8, 4) is 0 Å². The molecule has 0 saturated carbocycles. The van der Waals surface area contributed by atoms with Gasteiger partial charge in [-0.2, -0.15) is 5.10 Å². The van der Waals surface area contributed by atoms with E-state index >= 15 is 0 Å². The molecule has 1 aromatic carbocycles. The summed E-state index contributed by atoms with van der Waals surface area (Å²) in [4.78, 5) is 12.2. The third-order valence-corrected chi connectivity index (χ3v) is 4.39. The van der Waals surface area contributed by atoms with Crippen LogP contribution in [0, 0.1) is 13.8 Å². The van der Waals surface area contributed by atoms with E-state index in [0.29, 0.717) is 6.42 Å². The fourth-order valence-corrected chi connectivity index (χ4v) is 3.01. The number of hydrogen-bond donors (Lipinski definition) is 1. The van der Waals surface area contributed by atoms with E-state index in [0.717, 1.165) is 11.4 Å². The summed E-state index contributed by atoms with van der Waals surface area (Å²) in [5, 5.41) is 7.52. The van der Waals surface area contributed by atoms with Crippen molar-refractivity contribution in [2.24, 2.45) is 0 Å². The third kappa shape index (κ3) is 2.43. The van der Waals surface area contributed by atoms with Crippen molar-refractivity contribution in [3.63, 3.8) is 0 Å². The second kappa shape index (κ2) is 4.97. The number of amides is 1. The van der Waals surface area contributed by atoms with E-state index in [4.69, 9.17) is 0 Å². The lowest BCUT2D eigenvalue weighted by Gasteiger charge is -2.28. The fourth-order valence-electron chi connectivity index (χ4n) is 3.01. The lowest BCUT2D eigenvalue weighted by atomic mass is 9.86. The molecule has 0 unspecified atom stereocenters. The first-order valence-electron chi connectivity index (χ1n) is 7.73. The highest BCUT2D eigenvalue weighted by atomic mass is 16.1. The minimum atomic E-state index is -0.161. The monoisotopic (exact) mass is 297 g/mol. The number of nitrogens with one attached hydrogen (secondary N) is 1. The summed E-state index contributed by atoms with van der Waals surface area (Å²) in [5.41, 5.74) is 4.67. The Kier molecular flexibility index (Phi) is 3.35. The number of hydrogen-bond acceptors (Lipinski definition) is 2. The normalized spacial score (nSPS) is 18.0. The lowest BCUT2D eigenvalue weighted by molar-refractivity contribution is -0.116. The zero-order valence-electron chi connectivity index (χ0n) is 13.9. The topological polar surface area (TPSA) is 46.9 Å². The molecule has 1 amide bonds. The number of nitrogens with zero attached hydrogens (tertiary/aromatic N) is 2. The smallest absolute Gasteiger partial charge is 0.226 e. The summed E-state index contributed by atoms with van der Waals surface area (Å²) in [7, 11) is 0. The number of anilines is 1. The van der Waals surface area contributed by atoms with Crippen molar-refractivity contribution in [1.29, 1.82) is 0 Å². The van der Waals surface area contributed by atoms with E-state index in [1.54, 1.807) is 0 Å². The molecule has 0 bridgehead atoms. The zero-order valence-corrected chi connectivity index (χ0v) is 13.9. The summed E-state index contributed by atoms with van der Waals surface area (Å²) in [6.45, 7) is 10.5. The van der Waals surface area contributed by atoms with Gasteiger partial charge in [0.2, 0.25) is 5.91 Å². The SMILES string of the molecule is Cc1ccc([C@H]2CC(=O)Nc3c2cnn3C(C)(C)C)cc1C. The number of fused-ring (bicyclic) bond motifs is 1. The molecule has 1 aliphatic heterocycles. The quantitative estimate of drug-likeness (QED) is 0.872. The van der Waals surface area contributed by atoms with Crippen LogP contribution in [0.4, 0.5) is 5.82 Å². The molecule has 116 valence electrons. The van der Waals surface area contributed by atoms with Crippen LogP contribution in [0.25, 0.3) is 0 Å². The predicted molar refractivity (Wildman–Crippen MR) is 88.2 cm³/mol. The van der Waals surface area contributed by atoms with E-state index in [-0.39, 0.29) is 17.4 Å². The predicted octanol–water partition coefficient (Wildman–Crippen LogP) is 3.73. The summed E-state index contributed by atoms with van der Waals surface area (Å²) < 4.78 is 1.91. The Morgan fingerprint density at radius 1 is 1.23 bits per heavy atom. The van der Waals surface area contributed by atoms with Crippen LogP contribution in [-0.2, 0) is 10.3 Å². The highest BCUT2D eigenvalue weighted by molar-refractivity contribution is 5.94. The summed E-state index contributed by atoms with van der Waals surface area (Å²) in [5.74, 6) is 0.979. The Balaban J connectivity index is 2.11. The minimum absolute atomic E-state index is 0.0572. The Labute approximate surface area is 131 Å². The van der Waals surface area contributed by atoms with Crippen LogP contribution in [0.15, 0.2) is 24.4 Å². The molecule has 4 heteroatoms. The Morgan fingerprint density at radius 2 is 1.95 bits per heavy atom. The molecule has 1 atom stereocenters. The van der Waals surface area contributed by atoms with Gasteiger partial charge in [0.15, 0.2) is 0 Å². The second-order valence-electron chi connectivity index (χ2n) is 7.18. The van der Waals surface area contributed by atoms with Crippen molar-refractivity contribution in [1.82, 2.24) is 9.78 Å². The van der Waals surface area contributed by atoms with Crippen molar-refractivity contribution in [2.45, 2.75) is 52.5 Å². The minimum Gasteiger partial charge on any atom is -0.311 e. The highest BCUT2D eigenvalue weighted by Gasteiger charge is 2.32. The average Bonchev–Trinajstić information content (AvgIpc) is 2.84. The molecule has 22 heavy (non-hydrogen) atoms. The van der Waals surface area contributed by atoms with Crippen LogP contribution in [0.5, 0.6) is 0 Å². The van der Waals surface area contributed by atoms with E-state index in [2.05, 4.69) is 63.2 Å². The molecule has 1 aliphatic rings. The van der Waals surface area contributed by atoms with Gasteiger partial charge in [0.1, 0.15) is 5.82 Å². The zero-order chi connectivity index (χ0) is 16.1. The molecule has 4 nitrogen and oxygen atoms in total. The largest absolute Gasteiger partial charge is 0.311 e. The van der Waals surface area contributed by atoms with Crippen LogP contribution >= 0.6 is 0 Å². The number of aryl methyl sites for hydroxylation is 2. The van der Waals surface area contributed by atoms with E-state index in [1.165, 1.54) is 16.7 Å². The maximum absolute atomic E-state index is 12.2. The molecule has 0 spiro atoms. The van der Waals surface area contributed by atoms with Crippen molar-refractivity contribution >= 4 is 11.7 Å². The van der Waals surface area contributed by atoms with Gasteiger partial charge >= 0.3 is 0 Å². The molecular weight excluding hydrogens is 274 g/mol. The average molecular weight is 297 g/mol. The van der Waals surface area contributed by atoms with Gasteiger partial charge in [0.25, 0.3) is 0 Å². The van der Waals surface area contributed by atoms with E-state index in [9.17, 15) is 4.79 Å². The highest BCUT2D eigenvalue weighted by Crippen LogP contribution is 2.39. The van der Waals surface area contributed by atoms with Gasteiger partial charge in [-0.3, -0.25) is 4.79 Å². The first-order chi connectivity index (χ1) is 10.3. The van der Waals surface area contributed by atoms with Crippen molar-refractivity contribution in [2.75, 3.05) is 5.32 Å². The lowest BCUT2D eigenvalue weighted by Crippen LogP contribution is -2.30. The van der Waals surface area contributed by atoms with Gasteiger partial charge in [-0.05, 0) is 51.3 Å². The Bertz CT molecular complexity index is 737. The van der Waals surface area contributed by atoms with Crippen molar-refractivity contribution < 1.29 is 4.79 Å². The molecule has 0 saturated heterocycles. The van der Waals surface area contributed by atoms with Gasteiger partial charge in [0, 0.05) is 17.9 Å². The summed E-state index contributed by atoms with van der Waals surface area (Å²) in [6, 6.07) is 6.45. The summed E-state index contributed by atoms with van der Waals surface area (Å²) in [6.07, 6.45) is 2.38. The fraction of sp³-hybridized carbons (Fsp3) is 0.444. The number of benzene rings is 1. The molecule has 2 aromatic rings. The number of rotatable bonds is 1. The molecule has 0 fully saturated rings. The first-order valence-corrected chi connectivity index (χ1v) is 7.73. The Hall–Kier alpha value is -2.10. The molecule has 1 aromatic heterocycles. The molecule has 0 aliphatic carbocycles. The van der Waals surface area contributed by atoms with Gasteiger partial charge in [-0.15, -0.1) is 0 Å². The molecular formula is C18H23N3O. The van der Waals surface area contributed by atoms with Gasteiger partial charge in [0.05, 0.1) is 11.7 Å². The van der Waals surface area contributed by atoms with Gasteiger partial charge < -0.3 is 5.32 Å². The second-order valence-corrected chi connectivity index (χ2v) is 7.18. The van der Waals surface area contributed by atoms with Crippen LogP contribution in [-0.4, -0.2) is 15.7 Å². The maximum Gasteiger partial charge on any atom is 0.226 e. The standard InChI is InChI=1S/C18H23N3O/c1-11-6-7-13(8-12(11)2)14-9-16(22)20-17-15(14)10-19-21(17)18(3,4)5/h6-8,10,14H,9H2,1-5H3,(H,20,22)/t14-/m1/s1. The van der Waals surface area contributed by atoms with Crippen molar-refractivity contribution in [3.05, 3.63) is 46.6 Å².